The van der Waals surface area contributed by atoms with Gasteiger partial charge in [0.05, 0.1) is 24.7 Å². The molecule has 1 N–H and O–H groups in total. The van der Waals surface area contributed by atoms with Crippen LogP contribution in [0.25, 0.3) is 5.69 Å². The number of nitrogens with one attached hydrogen (secondary N) is 1. The quantitative estimate of drug-likeness (QED) is 0.848. The standard InChI is InChI=1S/C13H18N4O/c1-3-11(10-18-2)15-12-4-6-13(7-5-12)17-9-8-14-16-17/h4-9,11,15H,3,10H2,1-2H3. The fourth-order valence-electron chi connectivity index (χ4n) is 1.75. The zero-order valence-electron chi connectivity index (χ0n) is 10.7. The van der Waals surface area contributed by atoms with E-state index in [1.807, 2.05) is 30.5 Å². The van der Waals surface area contributed by atoms with Gasteiger partial charge in [0.2, 0.25) is 0 Å². The highest BCUT2D eigenvalue weighted by atomic mass is 16.5. The molecule has 2 aromatic rings. The first-order valence-electron chi connectivity index (χ1n) is 6.05. The highest BCUT2D eigenvalue weighted by molar-refractivity contribution is 5.49. The average molecular weight is 246 g/mol. The molecule has 0 saturated carbocycles. The summed E-state index contributed by atoms with van der Waals surface area (Å²) in [6.07, 6.45) is 4.51. The van der Waals surface area contributed by atoms with Gasteiger partial charge >= 0.3 is 0 Å². The number of benzene rings is 1. The summed E-state index contributed by atoms with van der Waals surface area (Å²) in [7, 11) is 1.72. The topological polar surface area (TPSA) is 52.0 Å². The molecule has 2 rings (SSSR count). The molecule has 0 aliphatic carbocycles. The normalized spacial score (nSPS) is 12.3. The predicted molar refractivity (Wildman–Crippen MR) is 70.9 cm³/mol. The van der Waals surface area contributed by atoms with Crippen LogP contribution < -0.4 is 5.32 Å². The molecule has 5 heteroatoms. The van der Waals surface area contributed by atoms with Crippen molar-refractivity contribution in [1.29, 1.82) is 0 Å². The van der Waals surface area contributed by atoms with E-state index < -0.39 is 0 Å². The largest absolute Gasteiger partial charge is 0.383 e. The lowest BCUT2D eigenvalue weighted by Gasteiger charge is -2.17. The Labute approximate surface area is 107 Å². The van der Waals surface area contributed by atoms with Gasteiger partial charge in [-0.25, -0.2) is 4.68 Å². The van der Waals surface area contributed by atoms with E-state index in [2.05, 4.69) is 22.6 Å². The van der Waals surface area contributed by atoms with E-state index in [0.29, 0.717) is 12.6 Å². The molecule has 0 amide bonds. The Balaban J connectivity index is 2.03. The average Bonchev–Trinajstić information content (AvgIpc) is 2.93. The molecule has 0 aliphatic heterocycles. The van der Waals surface area contributed by atoms with Crippen LogP contribution >= 0.6 is 0 Å². The third-order valence-corrected chi connectivity index (χ3v) is 2.79. The van der Waals surface area contributed by atoms with Crippen LogP contribution in [0, 0.1) is 0 Å². The van der Waals surface area contributed by atoms with Crippen molar-refractivity contribution >= 4 is 5.69 Å². The van der Waals surface area contributed by atoms with Crippen molar-refractivity contribution < 1.29 is 4.74 Å². The lowest BCUT2D eigenvalue weighted by atomic mass is 10.2. The van der Waals surface area contributed by atoms with Crippen molar-refractivity contribution in [2.45, 2.75) is 19.4 Å². The maximum Gasteiger partial charge on any atom is 0.0697 e. The van der Waals surface area contributed by atoms with E-state index in [0.717, 1.165) is 17.8 Å². The van der Waals surface area contributed by atoms with E-state index in [1.54, 1.807) is 18.0 Å². The first kappa shape index (κ1) is 12.6. The van der Waals surface area contributed by atoms with Crippen LogP contribution in [0.5, 0.6) is 0 Å². The molecule has 96 valence electrons. The van der Waals surface area contributed by atoms with Gasteiger partial charge in [0.15, 0.2) is 0 Å². The second kappa shape index (κ2) is 6.16. The van der Waals surface area contributed by atoms with E-state index in [-0.39, 0.29) is 0 Å². The van der Waals surface area contributed by atoms with Crippen molar-refractivity contribution in [2.75, 3.05) is 19.0 Å². The Morgan fingerprint density at radius 3 is 2.67 bits per heavy atom. The number of hydrogen-bond donors (Lipinski definition) is 1. The van der Waals surface area contributed by atoms with E-state index in [1.165, 1.54) is 0 Å². The molecule has 1 aromatic heterocycles. The minimum absolute atomic E-state index is 0.340. The molecule has 1 atom stereocenters. The Bertz CT molecular complexity index is 452. The Morgan fingerprint density at radius 1 is 1.33 bits per heavy atom. The van der Waals surface area contributed by atoms with Gasteiger partial charge in [0.1, 0.15) is 0 Å². The fourth-order valence-corrected chi connectivity index (χ4v) is 1.75. The van der Waals surface area contributed by atoms with E-state index in [4.69, 9.17) is 4.74 Å². The van der Waals surface area contributed by atoms with Gasteiger partial charge in [-0.15, -0.1) is 5.10 Å². The first-order valence-corrected chi connectivity index (χ1v) is 6.05. The molecule has 0 fully saturated rings. The maximum atomic E-state index is 5.16. The lowest BCUT2D eigenvalue weighted by Crippen LogP contribution is -2.23. The predicted octanol–water partition coefficient (Wildman–Crippen LogP) is 2.10. The summed E-state index contributed by atoms with van der Waals surface area (Å²) in [5, 5.41) is 11.2. The summed E-state index contributed by atoms with van der Waals surface area (Å²) in [4.78, 5) is 0. The maximum absolute atomic E-state index is 5.16. The number of rotatable bonds is 6. The molecule has 1 aromatic carbocycles. The van der Waals surface area contributed by atoms with Crippen LogP contribution in [-0.2, 0) is 4.74 Å². The first-order chi connectivity index (χ1) is 8.83. The zero-order chi connectivity index (χ0) is 12.8. The zero-order valence-corrected chi connectivity index (χ0v) is 10.7. The number of ether oxygens (including phenoxy) is 1. The second-order valence-corrected chi connectivity index (χ2v) is 4.10. The van der Waals surface area contributed by atoms with Gasteiger partial charge in [-0.3, -0.25) is 0 Å². The fraction of sp³-hybridized carbons (Fsp3) is 0.385. The smallest absolute Gasteiger partial charge is 0.0697 e. The Kier molecular flexibility index (Phi) is 4.30. The summed E-state index contributed by atoms with van der Waals surface area (Å²) in [6.45, 7) is 2.85. The van der Waals surface area contributed by atoms with Gasteiger partial charge in [0.25, 0.3) is 0 Å². The number of nitrogens with zero attached hydrogens (tertiary/aromatic N) is 3. The summed E-state index contributed by atoms with van der Waals surface area (Å²) in [6, 6.07) is 8.43. The highest BCUT2D eigenvalue weighted by Crippen LogP contribution is 2.14. The molecular weight excluding hydrogens is 228 g/mol. The minimum atomic E-state index is 0.340. The highest BCUT2D eigenvalue weighted by Gasteiger charge is 2.05. The molecule has 18 heavy (non-hydrogen) atoms. The molecule has 0 spiro atoms. The van der Waals surface area contributed by atoms with Crippen LogP contribution in [0.4, 0.5) is 5.69 Å². The Morgan fingerprint density at radius 2 is 2.11 bits per heavy atom. The summed E-state index contributed by atoms with van der Waals surface area (Å²) in [5.74, 6) is 0. The minimum Gasteiger partial charge on any atom is -0.383 e. The molecule has 5 nitrogen and oxygen atoms in total. The third-order valence-electron chi connectivity index (χ3n) is 2.79. The number of anilines is 1. The van der Waals surface area contributed by atoms with Crippen molar-refractivity contribution in [3.63, 3.8) is 0 Å². The van der Waals surface area contributed by atoms with Crippen LogP contribution in [-0.4, -0.2) is 34.8 Å². The molecule has 0 aliphatic rings. The molecule has 1 unspecified atom stereocenters. The third kappa shape index (κ3) is 3.07. The molecule has 0 radical (unpaired) electrons. The monoisotopic (exact) mass is 246 g/mol. The van der Waals surface area contributed by atoms with Gasteiger partial charge in [-0.05, 0) is 30.7 Å². The summed E-state index contributed by atoms with van der Waals surface area (Å²) < 4.78 is 6.90. The second-order valence-electron chi connectivity index (χ2n) is 4.10. The summed E-state index contributed by atoms with van der Waals surface area (Å²) in [5.41, 5.74) is 2.08. The van der Waals surface area contributed by atoms with Crippen LogP contribution in [0.1, 0.15) is 13.3 Å². The summed E-state index contributed by atoms with van der Waals surface area (Å²) >= 11 is 0. The number of methoxy groups -OCH3 is 1. The SMILES string of the molecule is CCC(COC)Nc1ccc(-n2ccnn2)cc1. The van der Waals surface area contributed by atoms with Crippen molar-refractivity contribution in [1.82, 2.24) is 15.0 Å². The van der Waals surface area contributed by atoms with Gasteiger partial charge in [0, 0.05) is 18.8 Å². The lowest BCUT2D eigenvalue weighted by molar-refractivity contribution is 0.184. The van der Waals surface area contributed by atoms with Crippen LogP contribution in [0.15, 0.2) is 36.7 Å². The van der Waals surface area contributed by atoms with Crippen LogP contribution in [0.3, 0.4) is 0 Å². The van der Waals surface area contributed by atoms with Crippen molar-refractivity contribution in [3.8, 4) is 5.69 Å². The number of aromatic nitrogens is 3. The van der Waals surface area contributed by atoms with Crippen LogP contribution in [0.2, 0.25) is 0 Å². The van der Waals surface area contributed by atoms with Crippen molar-refractivity contribution in [3.05, 3.63) is 36.7 Å². The van der Waals surface area contributed by atoms with Gasteiger partial charge in [-0.1, -0.05) is 12.1 Å². The molecular formula is C13H18N4O. The van der Waals surface area contributed by atoms with Gasteiger partial charge in [-0.2, -0.15) is 0 Å². The molecule has 1 heterocycles. The van der Waals surface area contributed by atoms with Crippen molar-refractivity contribution in [2.24, 2.45) is 0 Å². The molecule has 0 saturated heterocycles. The Hall–Kier alpha value is -1.88. The number of hydrogen-bond acceptors (Lipinski definition) is 4. The van der Waals surface area contributed by atoms with Gasteiger partial charge < -0.3 is 10.1 Å². The molecule has 0 bridgehead atoms. The van der Waals surface area contributed by atoms with E-state index >= 15 is 0 Å². The van der Waals surface area contributed by atoms with E-state index in [9.17, 15) is 0 Å².